The largest absolute Gasteiger partial charge is 0.493 e. The Morgan fingerprint density at radius 1 is 1.27 bits per heavy atom. The van der Waals surface area contributed by atoms with Crippen LogP contribution in [-0.4, -0.2) is 42.4 Å². The van der Waals surface area contributed by atoms with Crippen molar-refractivity contribution >= 4 is 11.9 Å². The maximum absolute atomic E-state index is 9.10. The molecular weight excluding hydrogens is 290 g/mol. The molecule has 0 bridgehead atoms. The highest BCUT2D eigenvalue weighted by molar-refractivity contribution is 6.27. The van der Waals surface area contributed by atoms with Gasteiger partial charge in [-0.2, -0.15) is 0 Å². The summed E-state index contributed by atoms with van der Waals surface area (Å²) in [5, 5.41) is 18.0. The van der Waals surface area contributed by atoms with Gasteiger partial charge in [0.2, 0.25) is 0 Å². The van der Waals surface area contributed by atoms with Gasteiger partial charge in [-0.1, -0.05) is 12.1 Å². The first kappa shape index (κ1) is 19.5. The molecule has 7 nitrogen and oxygen atoms in total. The van der Waals surface area contributed by atoms with Gasteiger partial charge in [0, 0.05) is 13.1 Å². The van der Waals surface area contributed by atoms with Crippen LogP contribution in [0.5, 0.6) is 11.5 Å². The first-order chi connectivity index (χ1) is 10.5. The van der Waals surface area contributed by atoms with Gasteiger partial charge in [0.1, 0.15) is 0 Å². The van der Waals surface area contributed by atoms with Crippen LogP contribution in [0.25, 0.3) is 0 Å². The van der Waals surface area contributed by atoms with E-state index in [9.17, 15) is 0 Å². The molecule has 0 spiro atoms. The van der Waals surface area contributed by atoms with Gasteiger partial charge in [0.15, 0.2) is 11.5 Å². The van der Waals surface area contributed by atoms with E-state index in [0.717, 1.165) is 24.6 Å². The minimum Gasteiger partial charge on any atom is -0.493 e. The van der Waals surface area contributed by atoms with Gasteiger partial charge >= 0.3 is 11.9 Å². The monoisotopic (exact) mass is 311 g/mol. The summed E-state index contributed by atoms with van der Waals surface area (Å²) < 4.78 is 10.7. The SMILES string of the molecule is C=CCNCc1ccc(OCC)c(OC)c1.O=C(O)C(=O)O. The molecule has 0 amide bonds. The quantitative estimate of drug-likeness (QED) is 0.398. The van der Waals surface area contributed by atoms with E-state index in [1.807, 2.05) is 31.2 Å². The van der Waals surface area contributed by atoms with Crippen LogP contribution >= 0.6 is 0 Å². The van der Waals surface area contributed by atoms with Crippen LogP contribution in [0.1, 0.15) is 12.5 Å². The molecule has 22 heavy (non-hydrogen) atoms. The highest BCUT2D eigenvalue weighted by Gasteiger charge is 2.05. The Balaban J connectivity index is 0.000000626. The third-order valence-electron chi connectivity index (χ3n) is 2.33. The normalized spacial score (nSPS) is 9.18. The summed E-state index contributed by atoms with van der Waals surface area (Å²) in [6.45, 7) is 7.86. The summed E-state index contributed by atoms with van der Waals surface area (Å²) in [5.41, 5.74) is 1.17. The van der Waals surface area contributed by atoms with Crippen LogP contribution in [0.4, 0.5) is 0 Å². The first-order valence-corrected chi connectivity index (χ1v) is 6.53. The molecule has 0 saturated carbocycles. The van der Waals surface area contributed by atoms with Gasteiger partial charge in [-0.05, 0) is 24.6 Å². The Labute approximate surface area is 129 Å². The molecule has 1 aromatic carbocycles. The summed E-state index contributed by atoms with van der Waals surface area (Å²) in [6, 6.07) is 5.96. The summed E-state index contributed by atoms with van der Waals surface area (Å²) >= 11 is 0. The number of carboxylic acid groups (broad SMARTS) is 2. The molecule has 7 heteroatoms. The number of methoxy groups -OCH3 is 1. The predicted molar refractivity (Wildman–Crippen MR) is 81.3 cm³/mol. The van der Waals surface area contributed by atoms with Crippen LogP contribution in [0.15, 0.2) is 30.9 Å². The van der Waals surface area contributed by atoms with Crippen LogP contribution in [0.3, 0.4) is 0 Å². The number of benzene rings is 1. The van der Waals surface area contributed by atoms with E-state index in [0.29, 0.717) is 6.61 Å². The molecule has 3 N–H and O–H groups in total. The summed E-state index contributed by atoms with van der Waals surface area (Å²) in [4.78, 5) is 18.2. The Kier molecular flexibility index (Phi) is 9.87. The number of ether oxygens (including phenoxy) is 2. The maximum Gasteiger partial charge on any atom is 0.414 e. The van der Waals surface area contributed by atoms with Crippen LogP contribution < -0.4 is 14.8 Å². The smallest absolute Gasteiger partial charge is 0.414 e. The molecule has 0 saturated heterocycles. The second-order valence-electron chi connectivity index (χ2n) is 3.95. The van der Waals surface area contributed by atoms with E-state index in [-0.39, 0.29) is 0 Å². The minimum absolute atomic E-state index is 0.643. The summed E-state index contributed by atoms with van der Waals surface area (Å²) in [6.07, 6.45) is 1.84. The molecule has 0 radical (unpaired) electrons. The van der Waals surface area contributed by atoms with Crippen molar-refractivity contribution in [3.05, 3.63) is 36.4 Å². The zero-order valence-corrected chi connectivity index (χ0v) is 12.7. The number of aliphatic carboxylic acids is 2. The zero-order valence-electron chi connectivity index (χ0n) is 12.7. The van der Waals surface area contributed by atoms with E-state index in [2.05, 4.69) is 11.9 Å². The number of hydrogen-bond acceptors (Lipinski definition) is 5. The molecule has 0 unspecified atom stereocenters. The van der Waals surface area contributed by atoms with Crippen molar-refractivity contribution < 1.29 is 29.3 Å². The average Bonchev–Trinajstić information content (AvgIpc) is 2.49. The van der Waals surface area contributed by atoms with E-state index in [1.165, 1.54) is 5.56 Å². The molecule has 0 aliphatic heterocycles. The fraction of sp³-hybridized carbons (Fsp3) is 0.333. The van der Waals surface area contributed by atoms with Gasteiger partial charge in [0.05, 0.1) is 13.7 Å². The van der Waals surface area contributed by atoms with Crippen molar-refractivity contribution in [2.75, 3.05) is 20.3 Å². The minimum atomic E-state index is -1.82. The molecule has 0 heterocycles. The van der Waals surface area contributed by atoms with E-state index >= 15 is 0 Å². The van der Waals surface area contributed by atoms with Crippen LogP contribution in [0.2, 0.25) is 0 Å². The standard InChI is InChI=1S/C13H19NO2.C2H2O4/c1-4-8-14-10-11-6-7-12(16-5-2)13(9-11)15-3;3-1(4)2(5)6/h4,6-7,9,14H,1,5,8,10H2,2-3H3;(H,3,4)(H,5,6). The van der Waals surface area contributed by atoms with Gasteiger partial charge in [-0.25, -0.2) is 9.59 Å². The molecule has 0 fully saturated rings. The maximum atomic E-state index is 9.10. The third kappa shape index (κ3) is 7.91. The van der Waals surface area contributed by atoms with E-state index in [1.54, 1.807) is 7.11 Å². The number of nitrogens with one attached hydrogen (secondary N) is 1. The highest BCUT2D eigenvalue weighted by atomic mass is 16.5. The highest BCUT2D eigenvalue weighted by Crippen LogP contribution is 2.27. The second kappa shape index (κ2) is 11.2. The Morgan fingerprint density at radius 3 is 2.36 bits per heavy atom. The van der Waals surface area contributed by atoms with Crippen LogP contribution in [0, 0.1) is 0 Å². The second-order valence-corrected chi connectivity index (χ2v) is 3.95. The lowest BCUT2D eigenvalue weighted by molar-refractivity contribution is -0.159. The Bertz CT molecular complexity index is 489. The van der Waals surface area contributed by atoms with Crippen molar-refractivity contribution in [3.63, 3.8) is 0 Å². The fourth-order valence-electron chi connectivity index (χ4n) is 1.42. The lowest BCUT2D eigenvalue weighted by Gasteiger charge is -2.11. The van der Waals surface area contributed by atoms with Crippen molar-refractivity contribution in [3.8, 4) is 11.5 Å². The van der Waals surface area contributed by atoms with Gasteiger partial charge < -0.3 is 25.0 Å². The van der Waals surface area contributed by atoms with Gasteiger partial charge in [0.25, 0.3) is 0 Å². The molecule has 122 valence electrons. The Morgan fingerprint density at radius 2 is 1.91 bits per heavy atom. The van der Waals surface area contributed by atoms with Gasteiger partial charge in [-0.3, -0.25) is 0 Å². The predicted octanol–water partition coefficient (Wildman–Crippen LogP) is 1.53. The molecule has 0 atom stereocenters. The van der Waals surface area contributed by atoms with E-state index in [4.69, 9.17) is 29.3 Å². The fourth-order valence-corrected chi connectivity index (χ4v) is 1.42. The molecular formula is C15H21NO6. The summed E-state index contributed by atoms with van der Waals surface area (Å²) in [5.74, 6) is -2.08. The molecule has 1 rings (SSSR count). The van der Waals surface area contributed by atoms with Crippen LogP contribution in [-0.2, 0) is 16.1 Å². The Hall–Kier alpha value is -2.54. The first-order valence-electron chi connectivity index (χ1n) is 6.53. The number of hydrogen-bond donors (Lipinski definition) is 3. The third-order valence-corrected chi connectivity index (χ3v) is 2.33. The topological polar surface area (TPSA) is 105 Å². The van der Waals surface area contributed by atoms with E-state index < -0.39 is 11.9 Å². The molecule has 1 aromatic rings. The number of carbonyl (C=O) groups is 2. The van der Waals surface area contributed by atoms with Crippen molar-refractivity contribution in [2.24, 2.45) is 0 Å². The van der Waals surface area contributed by atoms with Gasteiger partial charge in [-0.15, -0.1) is 6.58 Å². The van der Waals surface area contributed by atoms with Crippen molar-refractivity contribution in [1.82, 2.24) is 5.32 Å². The summed E-state index contributed by atoms with van der Waals surface area (Å²) in [7, 11) is 1.65. The average molecular weight is 311 g/mol. The lowest BCUT2D eigenvalue weighted by Crippen LogP contribution is -2.12. The lowest BCUT2D eigenvalue weighted by atomic mass is 10.2. The zero-order chi connectivity index (χ0) is 17.0. The molecule has 0 aliphatic rings. The number of rotatable bonds is 7. The molecule has 0 aliphatic carbocycles. The van der Waals surface area contributed by atoms with Crippen molar-refractivity contribution in [2.45, 2.75) is 13.5 Å². The molecule has 0 aromatic heterocycles. The van der Waals surface area contributed by atoms with Crippen molar-refractivity contribution in [1.29, 1.82) is 0 Å². The number of carboxylic acids is 2.